The summed E-state index contributed by atoms with van der Waals surface area (Å²) < 4.78 is 5.30. The van der Waals surface area contributed by atoms with Gasteiger partial charge in [0.1, 0.15) is 0 Å². The second-order valence-corrected chi connectivity index (χ2v) is 4.63. The van der Waals surface area contributed by atoms with E-state index in [1.807, 2.05) is 6.92 Å². The maximum atomic E-state index is 12.3. The number of amides is 1. The number of rotatable bonds is 1. The number of benzene rings is 1. The molecule has 1 amide bonds. The minimum Gasteiger partial charge on any atom is -0.399 e. The molecule has 1 heterocycles. The highest BCUT2D eigenvalue weighted by Crippen LogP contribution is 2.19. The lowest BCUT2D eigenvalue weighted by Gasteiger charge is -2.33. The standard InChI is InChI=1S/C12H15ClN2O2/c1-8-7-17-3-2-15(8)12(16)9-4-10(13)6-11(14)5-9/h4-6,8H,2-3,7,14H2,1H3. The lowest BCUT2D eigenvalue weighted by atomic mass is 10.1. The quantitative estimate of drug-likeness (QED) is 0.778. The number of nitrogens with zero attached hydrogens (tertiary/aromatic N) is 1. The van der Waals surface area contributed by atoms with Gasteiger partial charge in [-0.15, -0.1) is 0 Å². The van der Waals surface area contributed by atoms with Crippen molar-refractivity contribution in [1.82, 2.24) is 4.90 Å². The molecule has 1 aliphatic heterocycles. The van der Waals surface area contributed by atoms with Crippen LogP contribution in [0, 0.1) is 0 Å². The van der Waals surface area contributed by atoms with Crippen LogP contribution in [0.3, 0.4) is 0 Å². The number of ether oxygens (including phenoxy) is 1. The van der Waals surface area contributed by atoms with E-state index in [9.17, 15) is 4.79 Å². The Bertz CT molecular complexity index is 416. The summed E-state index contributed by atoms with van der Waals surface area (Å²) in [5.74, 6) is -0.0463. The van der Waals surface area contributed by atoms with Gasteiger partial charge in [-0.2, -0.15) is 0 Å². The molecule has 0 aromatic heterocycles. The van der Waals surface area contributed by atoms with Gasteiger partial charge in [0.05, 0.1) is 19.3 Å². The van der Waals surface area contributed by atoms with Crippen LogP contribution in [0.25, 0.3) is 0 Å². The molecule has 0 saturated carbocycles. The molecule has 0 bridgehead atoms. The number of morpholine rings is 1. The van der Waals surface area contributed by atoms with Gasteiger partial charge in [-0.1, -0.05) is 11.6 Å². The van der Waals surface area contributed by atoms with E-state index >= 15 is 0 Å². The van der Waals surface area contributed by atoms with Crippen LogP contribution in [-0.4, -0.2) is 36.6 Å². The molecule has 1 fully saturated rings. The Morgan fingerprint density at radius 3 is 2.94 bits per heavy atom. The Morgan fingerprint density at radius 2 is 2.29 bits per heavy atom. The van der Waals surface area contributed by atoms with Crippen molar-refractivity contribution in [2.24, 2.45) is 0 Å². The van der Waals surface area contributed by atoms with Crippen molar-refractivity contribution in [1.29, 1.82) is 0 Å². The van der Waals surface area contributed by atoms with Crippen molar-refractivity contribution in [2.75, 3.05) is 25.5 Å². The summed E-state index contributed by atoms with van der Waals surface area (Å²) in [6.07, 6.45) is 0. The second-order valence-electron chi connectivity index (χ2n) is 4.20. The van der Waals surface area contributed by atoms with Crippen molar-refractivity contribution >= 4 is 23.2 Å². The monoisotopic (exact) mass is 254 g/mol. The number of halogens is 1. The van der Waals surface area contributed by atoms with Gasteiger partial charge in [0, 0.05) is 22.8 Å². The van der Waals surface area contributed by atoms with Crippen LogP contribution in [0.1, 0.15) is 17.3 Å². The maximum absolute atomic E-state index is 12.3. The van der Waals surface area contributed by atoms with E-state index in [2.05, 4.69) is 0 Å². The Kier molecular flexibility index (Phi) is 3.54. The normalized spacial score (nSPS) is 20.4. The van der Waals surface area contributed by atoms with Crippen LogP contribution in [0.2, 0.25) is 5.02 Å². The zero-order chi connectivity index (χ0) is 12.4. The smallest absolute Gasteiger partial charge is 0.254 e. The fourth-order valence-electron chi connectivity index (χ4n) is 1.93. The largest absolute Gasteiger partial charge is 0.399 e. The molecule has 5 heteroatoms. The fraction of sp³-hybridized carbons (Fsp3) is 0.417. The molecule has 0 spiro atoms. The van der Waals surface area contributed by atoms with Gasteiger partial charge in [0.2, 0.25) is 0 Å². The lowest BCUT2D eigenvalue weighted by Crippen LogP contribution is -2.47. The Morgan fingerprint density at radius 1 is 1.53 bits per heavy atom. The fourth-order valence-corrected chi connectivity index (χ4v) is 2.17. The number of hydrogen-bond donors (Lipinski definition) is 1. The number of anilines is 1. The molecule has 1 saturated heterocycles. The van der Waals surface area contributed by atoms with Crippen LogP contribution >= 0.6 is 11.6 Å². The van der Waals surface area contributed by atoms with E-state index in [1.165, 1.54) is 0 Å². The van der Waals surface area contributed by atoms with Crippen molar-refractivity contribution < 1.29 is 9.53 Å². The van der Waals surface area contributed by atoms with Crippen LogP contribution in [0.15, 0.2) is 18.2 Å². The SMILES string of the molecule is CC1COCCN1C(=O)c1cc(N)cc(Cl)c1. The predicted octanol–water partition coefficient (Wildman–Crippen LogP) is 1.78. The molecule has 1 aromatic carbocycles. The number of nitrogens with two attached hydrogens (primary N) is 1. The molecule has 1 aliphatic rings. The first-order valence-corrected chi connectivity index (χ1v) is 5.90. The number of carbonyl (C=O) groups excluding carboxylic acids is 1. The van der Waals surface area contributed by atoms with E-state index in [0.717, 1.165) is 0 Å². The average Bonchev–Trinajstić information content (AvgIpc) is 2.27. The van der Waals surface area contributed by atoms with Crippen molar-refractivity contribution in [3.8, 4) is 0 Å². The summed E-state index contributed by atoms with van der Waals surface area (Å²) in [7, 11) is 0. The highest BCUT2D eigenvalue weighted by molar-refractivity contribution is 6.31. The van der Waals surface area contributed by atoms with E-state index < -0.39 is 0 Å². The van der Waals surface area contributed by atoms with Gasteiger partial charge in [-0.25, -0.2) is 0 Å². The maximum Gasteiger partial charge on any atom is 0.254 e. The lowest BCUT2D eigenvalue weighted by molar-refractivity contribution is 0.00360. The van der Waals surface area contributed by atoms with Crippen molar-refractivity contribution in [3.05, 3.63) is 28.8 Å². The van der Waals surface area contributed by atoms with Crippen molar-refractivity contribution in [3.63, 3.8) is 0 Å². The molecule has 2 N–H and O–H groups in total. The van der Waals surface area contributed by atoms with Gasteiger partial charge in [0.15, 0.2) is 0 Å². The third-order valence-electron chi connectivity index (χ3n) is 2.80. The van der Waals surface area contributed by atoms with Gasteiger partial charge in [0.25, 0.3) is 5.91 Å². The highest BCUT2D eigenvalue weighted by atomic mass is 35.5. The van der Waals surface area contributed by atoms with E-state index in [0.29, 0.717) is 36.0 Å². The Balaban J connectivity index is 2.23. The topological polar surface area (TPSA) is 55.6 Å². The average molecular weight is 255 g/mol. The molecule has 92 valence electrons. The summed E-state index contributed by atoms with van der Waals surface area (Å²) in [4.78, 5) is 14.1. The third kappa shape index (κ3) is 2.70. The molecule has 0 radical (unpaired) electrons. The Labute approximate surface area is 105 Å². The second kappa shape index (κ2) is 4.94. The van der Waals surface area contributed by atoms with Crippen LogP contribution < -0.4 is 5.73 Å². The molecule has 2 rings (SSSR count). The number of hydrogen-bond acceptors (Lipinski definition) is 3. The summed E-state index contributed by atoms with van der Waals surface area (Å²) in [5, 5.41) is 0.481. The van der Waals surface area contributed by atoms with Gasteiger partial charge in [-0.3, -0.25) is 4.79 Å². The highest BCUT2D eigenvalue weighted by Gasteiger charge is 2.24. The summed E-state index contributed by atoms with van der Waals surface area (Å²) in [5.41, 5.74) is 6.71. The minimum absolute atomic E-state index is 0.0463. The molecule has 1 unspecified atom stereocenters. The zero-order valence-corrected chi connectivity index (χ0v) is 10.4. The molecular weight excluding hydrogens is 240 g/mol. The van der Waals surface area contributed by atoms with E-state index in [1.54, 1.807) is 23.1 Å². The van der Waals surface area contributed by atoms with Crippen LogP contribution in [-0.2, 0) is 4.74 Å². The molecule has 1 atom stereocenters. The van der Waals surface area contributed by atoms with Gasteiger partial charge >= 0.3 is 0 Å². The Hall–Kier alpha value is -1.26. The number of carbonyl (C=O) groups is 1. The molecule has 4 nitrogen and oxygen atoms in total. The summed E-state index contributed by atoms with van der Waals surface area (Å²) in [6, 6.07) is 5.00. The predicted molar refractivity (Wildman–Crippen MR) is 67.2 cm³/mol. The first kappa shape index (κ1) is 12.2. The van der Waals surface area contributed by atoms with Gasteiger partial charge in [-0.05, 0) is 25.1 Å². The molecule has 1 aromatic rings. The first-order valence-electron chi connectivity index (χ1n) is 5.52. The van der Waals surface area contributed by atoms with Crippen LogP contribution in [0.4, 0.5) is 5.69 Å². The molecular formula is C12H15ClN2O2. The molecule has 17 heavy (non-hydrogen) atoms. The molecule has 0 aliphatic carbocycles. The summed E-state index contributed by atoms with van der Waals surface area (Å²) >= 11 is 5.89. The first-order chi connectivity index (χ1) is 8.08. The third-order valence-corrected chi connectivity index (χ3v) is 3.01. The van der Waals surface area contributed by atoms with Crippen LogP contribution in [0.5, 0.6) is 0 Å². The number of nitrogen functional groups attached to an aromatic ring is 1. The van der Waals surface area contributed by atoms with Crippen molar-refractivity contribution in [2.45, 2.75) is 13.0 Å². The zero-order valence-electron chi connectivity index (χ0n) is 9.65. The van der Waals surface area contributed by atoms with E-state index in [-0.39, 0.29) is 11.9 Å². The van der Waals surface area contributed by atoms with E-state index in [4.69, 9.17) is 22.1 Å². The van der Waals surface area contributed by atoms with Gasteiger partial charge < -0.3 is 15.4 Å². The minimum atomic E-state index is -0.0463. The summed E-state index contributed by atoms with van der Waals surface area (Å²) in [6.45, 7) is 3.71.